The number of hydrogen-bond acceptors (Lipinski definition) is 4. The fourth-order valence-electron chi connectivity index (χ4n) is 1.85. The number of aliphatic hydroxyl groups is 1. The first-order chi connectivity index (χ1) is 8.76. The zero-order valence-corrected chi connectivity index (χ0v) is 13.1. The van der Waals surface area contributed by atoms with Crippen molar-refractivity contribution >= 4 is 15.9 Å². The maximum absolute atomic E-state index is 9.74. The zero-order valence-electron chi connectivity index (χ0n) is 11.5. The monoisotopic (exact) mass is 324 g/mol. The lowest BCUT2D eigenvalue weighted by atomic mass is 10.1. The van der Waals surface area contributed by atoms with E-state index in [0.717, 1.165) is 21.2 Å². The second-order valence-corrected chi connectivity index (χ2v) is 6.17. The second-order valence-electron chi connectivity index (χ2n) is 5.38. The van der Waals surface area contributed by atoms with Crippen LogP contribution >= 0.6 is 15.9 Å². The summed E-state index contributed by atoms with van der Waals surface area (Å²) in [6, 6.07) is 4.03. The smallest absolute Gasteiger partial charge is 0.204 e. The van der Waals surface area contributed by atoms with Crippen molar-refractivity contribution in [3.63, 3.8) is 0 Å². The molecule has 0 radical (unpaired) electrons. The van der Waals surface area contributed by atoms with E-state index in [1.165, 1.54) is 4.80 Å². The summed E-state index contributed by atoms with van der Waals surface area (Å²) in [5.74, 6) is 0.572. The molecule has 0 amide bonds. The van der Waals surface area contributed by atoms with Gasteiger partial charge < -0.3 is 5.11 Å². The molecular formula is C13H17BrN4O. The SMILES string of the molecule is Cc1cc(-c2nnn(CC(C)(C)O)n2)cc(C)c1Br. The van der Waals surface area contributed by atoms with Crippen LogP contribution < -0.4 is 0 Å². The summed E-state index contributed by atoms with van der Waals surface area (Å²) < 4.78 is 1.10. The van der Waals surface area contributed by atoms with Crippen LogP contribution in [0.25, 0.3) is 11.4 Å². The van der Waals surface area contributed by atoms with E-state index < -0.39 is 5.60 Å². The van der Waals surface area contributed by atoms with E-state index in [1.54, 1.807) is 13.8 Å². The number of aromatic nitrogens is 4. The van der Waals surface area contributed by atoms with Gasteiger partial charge in [-0.25, -0.2) is 0 Å². The van der Waals surface area contributed by atoms with E-state index in [4.69, 9.17) is 0 Å². The minimum atomic E-state index is -0.858. The van der Waals surface area contributed by atoms with Gasteiger partial charge in [0.25, 0.3) is 0 Å². The Bertz CT molecular complexity index is 578. The van der Waals surface area contributed by atoms with Crippen LogP contribution in [-0.4, -0.2) is 30.9 Å². The molecule has 0 saturated heterocycles. The van der Waals surface area contributed by atoms with Crippen LogP contribution in [0.15, 0.2) is 16.6 Å². The highest BCUT2D eigenvalue weighted by atomic mass is 79.9. The predicted molar refractivity (Wildman–Crippen MR) is 76.7 cm³/mol. The summed E-state index contributed by atoms with van der Waals surface area (Å²) in [4.78, 5) is 1.42. The summed E-state index contributed by atoms with van der Waals surface area (Å²) >= 11 is 3.54. The standard InChI is InChI=1S/C13H17BrN4O/c1-8-5-10(6-9(2)11(8)14)12-15-17-18(16-12)7-13(3,4)19/h5-6,19H,7H2,1-4H3. The molecule has 102 valence electrons. The second kappa shape index (κ2) is 5.02. The van der Waals surface area contributed by atoms with Crippen molar-refractivity contribution in [3.8, 4) is 11.4 Å². The van der Waals surface area contributed by atoms with E-state index in [9.17, 15) is 5.11 Å². The topological polar surface area (TPSA) is 63.8 Å². The third kappa shape index (κ3) is 3.39. The quantitative estimate of drug-likeness (QED) is 0.942. The summed E-state index contributed by atoms with van der Waals surface area (Å²) in [6.45, 7) is 7.80. The van der Waals surface area contributed by atoms with Crippen molar-refractivity contribution in [2.24, 2.45) is 0 Å². The third-order valence-electron chi connectivity index (χ3n) is 2.68. The Morgan fingerprint density at radius 3 is 2.37 bits per heavy atom. The largest absolute Gasteiger partial charge is 0.388 e. The molecule has 5 nitrogen and oxygen atoms in total. The molecule has 0 saturated carbocycles. The van der Waals surface area contributed by atoms with Crippen LogP contribution in [0, 0.1) is 13.8 Å². The van der Waals surface area contributed by atoms with Gasteiger partial charge in [0.1, 0.15) is 0 Å². The number of nitrogens with zero attached hydrogens (tertiary/aromatic N) is 4. The molecule has 0 aliphatic carbocycles. The van der Waals surface area contributed by atoms with Gasteiger partial charge in [-0.3, -0.25) is 0 Å². The zero-order chi connectivity index (χ0) is 14.2. The lowest BCUT2D eigenvalue weighted by molar-refractivity contribution is 0.0526. The van der Waals surface area contributed by atoms with Gasteiger partial charge in [-0.1, -0.05) is 15.9 Å². The van der Waals surface area contributed by atoms with Crippen LogP contribution in [0.5, 0.6) is 0 Å². The van der Waals surface area contributed by atoms with Crippen molar-refractivity contribution in [2.45, 2.75) is 39.8 Å². The molecule has 19 heavy (non-hydrogen) atoms. The first-order valence-corrected chi connectivity index (χ1v) is 6.83. The maximum atomic E-state index is 9.74. The first-order valence-electron chi connectivity index (χ1n) is 6.03. The molecule has 2 rings (SSSR count). The molecule has 1 heterocycles. The lowest BCUT2D eigenvalue weighted by Gasteiger charge is -2.14. The van der Waals surface area contributed by atoms with Crippen LogP contribution in [0.4, 0.5) is 0 Å². The average Bonchev–Trinajstić information content (AvgIpc) is 2.71. The van der Waals surface area contributed by atoms with E-state index >= 15 is 0 Å². The van der Waals surface area contributed by atoms with Gasteiger partial charge in [-0.15, -0.1) is 10.2 Å². The number of hydrogen-bond donors (Lipinski definition) is 1. The van der Waals surface area contributed by atoms with E-state index in [-0.39, 0.29) is 0 Å². The molecule has 1 aromatic carbocycles. The minimum Gasteiger partial charge on any atom is -0.388 e. The molecule has 0 aliphatic heterocycles. The highest BCUT2D eigenvalue weighted by Crippen LogP contribution is 2.26. The van der Waals surface area contributed by atoms with Crippen LogP contribution in [-0.2, 0) is 6.54 Å². The van der Waals surface area contributed by atoms with Crippen LogP contribution in [0.1, 0.15) is 25.0 Å². The fraction of sp³-hybridized carbons (Fsp3) is 0.462. The molecule has 0 spiro atoms. The van der Waals surface area contributed by atoms with Gasteiger partial charge in [0, 0.05) is 10.0 Å². The number of halogens is 1. The Balaban J connectivity index is 2.33. The molecule has 0 bridgehead atoms. The summed E-state index contributed by atoms with van der Waals surface area (Å²) in [5, 5.41) is 22.0. The maximum Gasteiger partial charge on any atom is 0.204 e. The predicted octanol–water partition coefficient (Wildman–Crippen LogP) is 2.49. The molecule has 0 fully saturated rings. The Morgan fingerprint density at radius 1 is 1.26 bits per heavy atom. The van der Waals surface area contributed by atoms with Crippen molar-refractivity contribution in [2.75, 3.05) is 0 Å². The third-order valence-corrected chi connectivity index (χ3v) is 3.93. The minimum absolute atomic E-state index is 0.314. The van der Waals surface area contributed by atoms with E-state index in [2.05, 4.69) is 31.3 Å². The molecule has 0 atom stereocenters. The molecule has 2 aromatic rings. The van der Waals surface area contributed by atoms with Crippen LogP contribution in [0.3, 0.4) is 0 Å². The van der Waals surface area contributed by atoms with Gasteiger partial charge in [0.2, 0.25) is 5.82 Å². The number of benzene rings is 1. The summed E-state index contributed by atoms with van der Waals surface area (Å²) in [6.07, 6.45) is 0. The average molecular weight is 325 g/mol. The van der Waals surface area contributed by atoms with E-state index in [0.29, 0.717) is 12.4 Å². The van der Waals surface area contributed by atoms with Gasteiger partial charge in [-0.05, 0) is 56.2 Å². The van der Waals surface area contributed by atoms with Gasteiger partial charge in [-0.2, -0.15) is 4.80 Å². The van der Waals surface area contributed by atoms with Crippen LogP contribution in [0.2, 0.25) is 0 Å². The fourth-order valence-corrected chi connectivity index (χ4v) is 2.08. The van der Waals surface area contributed by atoms with Crippen molar-refractivity contribution in [1.82, 2.24) is 20.2 Å². The lowest BCUT2D eigenvalue weighted by Crippen LogP contribution is -2.27. The summed E-state index contributed by atoms with van der Waals surface area (Å²) in [5.41, 5.74) is 2.34. The Hall–Kier alpha value is -1.27. The summed E-state index contributed by atoms with van der Waals surface area (Å²) in [7, 11) is 0. The molecule has 0 aliphatic rings. The van der Waals surface area contributed by atoms with Gasteiger partial charge in [0.15, 0.2) is 0 Å². The highest BCUT2D eigenvalue weighted by molar-refractivity contribution is 9.10. The first kappa shape index (κ1) is 14.1. The molecule has 1 aromatic heterocycles. The van der Waals surface area contributed by atoms with Crippen molar-refractivity contribution in [1.29, 1.82) is 0 Å². The normalized spacial score (nSPS) is 11.9. The molecule has 0 unspecified atom stereocenters. The van der Waals surface area contributed by atoms with Gasteiger partial charge in [0.05, 0.1) is 12.1 Å². The number of tetrazole rings is 1. The number of aryl methyl sites for hydroxylation is 2. The Morgan fingerprint density at radius 2 is 1.84 bits per heavy atom. The van der Waals surface area contributed by atoms with Gasteiger partial charge >= 0.3 is 0 Å². The molecule has 6 heteroatoms. The highest BCUT2D eigenvalue weighted by Gasteiger charge is 2.16. The molecular weight excluding hydrogens is 308 g/mol. The van der Waals surface area contributed by atoms with E-state index in [1.807, 2.05) is 26.0 Å². The molecule has 1 N–H and O–H groups in total. The Kier molecular flexibility index (Phi) is 3.73. The Labute approximate surface area is 120 Å². The number of rotatable bonds is 3. The van der Waals surface area contributed by atoms with Crippen molar-refractivity contribution < 1.29 is 5.11 Å². The van der Waals surface area contributed by atoms with Crippen molar-refractivity contribution in [3.05, 3.63) is 27.7 Å².